The van der Waals surface area contributed by atoms with Crippen LogP contribution in [-0.4, -0.2) is 192 Å². The summed E-state index contributed by atoms with van der Waals surface area (Å²) in [4.78, 5) is 128. The second kappa shape index (κ2) is 33.5. The van der Waals surface area contributed by atoms with Crippen LogP contribution in [0, 0.1) is 35.0 Å². The highest BCUT2D eigenvalue weighted by Gasteiger charge is 2.52. The third kappa shape index (κ3) is 19.1. The quantitative estimate of drug-likeness (QED) is 0.00546. The summed E-state index contributed by atoms with van der Waals surface area (Å²) in [5, 5.41) is 12.6. The van der Waals surface area contributed by atoms with Gasteiger partial charge in [-0.2, -0.15) is 8.78 Å². The molecular weight excluding hydrogens is 1470 g/mol. The number of amides is 7. The van der Waals surface area contributed by atoms with Crippen molar-refractivity contribution in [3.8, 4) is 5.75 Å². The van der Waals surface area contributed by atoms with Crippen LogP contribution in [0.5, 0.6) is 5.75 Å². The van der Waals surface area contributed by atoms with E-state index < -0.39 is 209 Å². The number of nitrogen functional groups attached to an aromatic ring is 1. The third-order valence-corrected chi connectivity index (χ3v) is 19.3. The topological polar surface area (TPSA) is 452 Å². The van der Waals surface area contributed by atoms with Crippen molar-refractivity contribution in [1.29, 1.82) is 0 Å². The van der Waals surface area contributed by atoms with Crippen molar-refractivity contribution in [2.75, 3.05) is 62.5 Å². The van der Waals surface area contributed by atoms with Gasteiger partial charge in [0.1, 0.15) is 74.2 Å². The van der Waals surface area contributed by atoms with Crippen LogP contribution in [0.2, 0.25) is 0 Å². The molecule has 4 saturated heterocycles. The van der Waals surface area contributed by atoms with Crippen LogP contribution in [0.3, 0.4) is 0 Å². The van der Waals surface area contributed by atoms with E-state index in [4.69, 9.17) is 65.1 Å². The number of primary amides is 1. The number of nitrogens with zero attached hydrogens (tertiary/aromatic N) is 9. The summed E-state index contributed by atoms with van der Waals surface area (Å²) in [6.45, 7) is -8.80. The summed E-state index contributed by atoms with van der Waals surface area (Å²) >= 11 is 9.47. The van der Waals surface area contributed by atoms with Crippen LogP contribution in [0.25, 0.3) is 22.3 Å². The Kier molecular flexibility index (Phi) is 25.1. The number of carbonyl (C=O) groups is 7. The van der Waals surface area contributed by atoms with E-state index in [1.807, 2.05) is 0 Å². The number of nitrogens with one attached hydrogen (secondary N) is 5. The summed E-state index contributed by atoms with van der Waals surface area (Å²) in [6.07, 6.45) is -10.1. The number of ether oxygens (including phenoxy) is 6. The molecule has 0 radical (unpaired) electrons. The largest absolute Gasteiger partial charge is 0.447 e. The van der Waals surface area contributed by atoms with E-state index in [0.29, 0.717) is 5.56 Å². The number of rotatable bonds is 24. The van der Waals surface area contributed by atoms with Gasteiger partial charge in [-0.3, -0.25) is 47.6 Å². The Morgan fingerprint density at radius 1 is 0.786 bits per heavy atom. The molecule has 8 heterocycles. The maximum absolute atomic E-state index is 16.4. The Labute approximate surface area is 587 Å². The molecule has 0 aliphatic carbocycles. The van der Waals surface area contributed by atoms with Gasteiger partial charge in [-0.15, -0.1) is 0 Å². The van der Waals surface area contributed by atoms with Crippen molar-refractivity contribution in [1.82, 2.24) is 59.9 Å². The van der Waals surface area contributed by atoms with Gasteiger partial charge in [-0.25, -0.2) is 70.8 Å². The maximum atomic E-state index is 16.4. The zero-order valence-electron chi connectivity index (χ0n) is 53.8. The van der Waals surface area contributed by atoms with Crippen molar-refractivity contribution >= 4 is 119 Å². The molecule has 35 nitrogen and oxygen atoms in total. The van der Waals surface area contributed by atoms with E-state index in [2.05, 4.69) is 73.5 Å². The molecule has 10 rings (SSSR count). The van der Waals surface area contributed by atoms with E-state index in [1.54, 1.807) is 13.8 Å². The first kappa shape index (κ1) is 77.1. The molecule has 4 aliphatic rings. The second-order valence-corrected chi connectivity index (χ2v) is 29.3. The SMILES string of the molecule is CC(C)[C@H](NC(=O)CCOCCC(=O)Oc1c(F)c(F)c(F)c(F)c1F)C(=O)N[C@@H](CCCNC(N)=O)C(=O)Nc1ccc(COC(=O)N2C[C@@H](F)C[C@H]2COC(=O)Nc2ncnc3c2ncn3[C@H]2C[C@@H]3OP(O)(=S)OC[C@H]4O[C@@H](n5cnc6c(N)ncnc65)[C@H](F)[C@@H]4OP(=O)(S)OC[C@H]3O2)cc1. The molecule has 46 heteroatoms. The number of carbonyl (C=O) groups excluding carboxylic acids is 7. The fourth-order valence-corrected chi connectivity index (χ4v) is 14.0. The molecule has 13 atom stereocenters. The third-order valence-electron chi connectivity index (χ3n) is 16.1. The maximum Gasteiger partial charge on any atom is 0.412 e. The number of hydrogen-bond acceptors (Lipinski definition) is 26. The van der Waals surface area contributed by atoms with Crippen molar-refractivity contribution < 1.29 is 120 Å². The minimum atomic E-state index is -4.45. The van der Waals surface area contributed by atoms with Crippen molar-refractivity contribution in [2.24, 2.45) is 11.7 Å². The normalized spacial score (nSPS) is 24.8. The molecule has 4 aromatic heterocycles. The highest BCUT2D eigenvalue weighted by molar-refractivity contribution is 8.44. The molecular formula is C57H65F7N16O19P2S2. The Morgan fingerprint density at radius 2 is 1.46 bits per heavy atom. The fourth-order valence-electron chi connectivity index (χ4n) is 11.0. The predicted molar refractivity (Wildman–Crippen MR) is 345 cm³/mol. The van der Waals surface area contributed by atoms with Gasteiger partial charge in [0.05, 0.1) is 64.2 Å². The first-order valence-corrected chi connectivity index (χ1v) is 36.4. The zero-order valence-corrected chi connectivity index (χ0v) is 57.3. The van der Waals surface area contributed by atoms with Crippen LogP contribution in [0.4, 0.5) is 62.4 Å². The Morgan fingerprint density at radius 3 is 2.17 bits per heavy atom. The minimum Gasteiger partial charge on any atom is -0.447 e. The number of likely N-dealkylation sites (tertiary alicyclic amines) is 1. The van der Waals surface area contributed by atoms with Crippen LogP contribution in [0.15, 0.2) is 49.6 Å². The molecule has 0 spiro atoms. The molecule has 10 N–H and O–H groups in total. The van der Waals surface area contributed by atoms with Gasteiger partial charge in [-0.05, 0) is 48.3 Å². The first-order chi connectivity index (χ1) is 48.9. The number of urea groups is 1. The molecule has 558 valence electrons. The Balaban J connectivity index is 0.679. The first-order valence-electron chi connectivity index (χ1n) is 31.2. The summed E-state index contributed by atoms with van der Waals surface area (Å²) in [5.74, 6) is -18.0. The Bertz CT molecular complexity index is 4230. The average Bonchev–Trinajstić information content (AvgIpc) is 1.69. The van der Waals surface area contributed by atoms with Crippen LogP contribution in [-0.2, 0) is 83.9 Å². The highest BCUT2D eigenvalue weighted by atomic mass is 32.7. The van der Waals surface area contributed by atoms with Crippen molar-refractivity contribution in [2.45, 2.75) is 126 Å². The number of benzene rings is 2. The second-order valence-electron chi connectivity index (χ2n) is 23.6. The number of fused-ring (bicyclic) bond motifs is 4. The lowest BCUT2D eigenvalue weighted by Crippen LogP contribution is -2.54. The summed E-state index contributed by atoms with van der Waals surface area (Å²) in [7, 11) is 0. The van der Waals surface area contributed by atoms with Crippen LogP contribution in [0.1, 0.15) is 70.4 Å². The van der Waals surface area contributed by atoms with E-state index in [0.717, 1.165) is 17.6 Å². The predicted octanol–water partition coefficient (Wildman–Crippen LogP) is 5.25. The van der Waals surface area contributed by atoms with Crippen LogP contribution >= 0.6 is 25.8 Å². The number of esters is 1. The smallest absolute Gasteiger partial charge is 0.412 e. The van der Waals surface area contributed by atoms with Gasteiger partial charge in [-0.1, -0.05) is 38.2 Å². The molecule has 0 saturated carbocycles. The number of alkyl halides is 2. The number of anilines is 3. The molecule has 103 heavy (non-hydrogen) atoms. The number of thiol groups is 1. The van der Waals surface area contributed by atoms with Gasteiger partial charge in [0.15, 0.2) is 40.8 Å². The van der Waals surface area contributed by atoms with Crippen molar-refractivity contribution in [3.05, 3.63) is 84.2 Å². The molecule has 4 fully saturated rings. The fraction of sp³-hybridized carbons (Fsp3) is 0.491. The standard InChI is InChI=1S/C57H65F7N16O19P2S2/c1-25(2)43(76-34(81)9-12-90-13-10-36(82)97-47-40(62)38(60)37(59)39(61)41(47)63)53(84)75-30(4-3-11-67-55(66)85)52(83)74-28-7-5-26(6-8-28)17-92-57(87)78-16-27(58)14-29(78)18-91-56(86)77-49-45-51(71-22-69-49)79(23-73-45)35-15-31-32(95-35)19-93-101(89,103)99-46-33(20-94-100(88,102)98-31)96-54(42(46)64)80-24-72-44-48(65)68-21-70-50(44)80/h5-8,21-25,27,29-33,35,42-43,46,54H,3-4,9-20H2,1-2H3,(H,74,83)(H,75,84)(H,76,81)(H,88,102)(H,89,103)(H2,65,68,70)(H3,66,67,85)(H,69,71,77,86)/t27-,29-,30-,31-,32+,33+,35+,42+,43-,46+,54+,100?,101?/m0/s1. The lowest BCUT2D eigenvalue weighted by Gasteiger charge is -2.28. The number of imidazole rings is 2. The lowest BCUT2D eigenvalue weighted by molar-refractivity contribution is -0.136. The monoisotopic (exact) mass is 1540 g/mol. The van der Waals surface area contributed by atoms with E-state index in [9.17, 15) is 69.4 Å². The van der Waals surface area contributed by atoms with E-state index in [-0.39, 0.29) is 85.1 Å². The van der Waals surface area contributed by atoms with E-state index in [1.165, 1.54) is 46.1 Å². The van der Waals surface area contributed by atoms with Gasteiger partial charge < -0.3 is 75.1 Å². The Hall–Kier alpha value is -8.55. The summed E-state index contributed by atoms with van der Waals surface area (Å²) in [5.41, 5.74) is 12.1. The lowest BCUT2D eigenvalue weighted by atomic mass is 10.0. The minimum absolute atomic E-state index is 0.00970. The summed E-state index contributed by atoms with van der Waals surface area (Å²) in [6, 6.07) is 1.55. The number of aromatic nitrogens is 8. The number of hydrogen-bond donors (Lipinski definition) is 9. The number of nitrogens with two attached hydrogens (primary N) is 2. The van der Waals surface area contributed by atoms with Crippen LogP contribution < -0.4 is 42.8 Å². The van der Waals surface area contributed by atoms with Gasteiger partial charge >= 0.3 is 37.7 Å². The van der Waals surface area contributed by atoms with Gasteiger partial charge in [0.25, 0.3) is 0 Å². The molecule has 2 aromatic carbocycles. The molecule has 2 unspecified atom stereocenters. The summed E-state index contributed by atoms with van der Waals surface area (Å²) < 4.78 is 171. The van der Waals surface area contributed by atoms with Crippen molar-refractivity contribution in [3.63, 3.8) is 0 Å². The van der Waals surface area contributed by atoms with Gasteiger partial charge in [0.2, 0.25) is 52.6 Å². The molecule has 7 amide bonds. The zero-order chi connectivity index (χ0) is 74.2. The average molecular weight is 1540 g/mol. The molecule has 6 aromatic rings. The number of halogens is 7. The molecule has 4 aliphatic heterocycles. The van der Waals surface area contributed by atoms with E-state index >= 15 is 4.39 Å². The highest BCUT2D eigenvalue weighted by Crippen LogP contribution is 2.59. The van der Waals surface area contributed by atoms with Gasteiger partial charge in [0, 0.05) is 31.5 Å². The molecule has 0 bridgehead atoms.